The van der Waals surface area contributed by atoms with Gasteiger partial charge >= 0.3 is 0 Å². The molecule has 31 heavy (non-hydrogen) atoms. The molecule has 0 radical (unpaired) electrons. The molecule has 1 aliphatic heterocycles. The highest BCUT2D eigenvalue weighted by Gasteiger charge is 2.21. The van der Waals surface area contributed by atoms with E-state index in [1.54, 1.807) is 12.3 Å². The largest absolute Gasteiger partial charge is 0.461 e. The van der Waals surface area contributed by atoms with Gasteiger partial charge in [0.15, 0.2) is 11.7 Å². The van der Waals surface area contributed by atoms with Gasteiger partial charge in [-0.3, -0.25) is 14.8 Å². The molecule has 0 spiro atoms. The molecule has 0 aliphatic carbocycles. The standard InChI is InChI=1S/C20H32N8O2.HI/c1-3-9-22-18(29)14-28-10-7-15(8-11-28)24-20(21-4-2)23-13-17-25-19(27-26-17)16-6-5-12-30-16;/h5-6,12,15H,3-4,7-11,13-14H2,1-2H3,(H,22,29)(H2,21,23,24)(H,25,26,27);1H. The average molecular weight is 544 g/mol. The number of halogens is 1. The van der Waals surface area contributed by atoms with Crippen LogP contribution < -0.4 is 16.0 Å². The van der Waals surface area contributed by atoms with E-state index in [9.17, 15) is 4.79 Å². The van der Waals surface area contributed by atoms with Crippen molar-refractivity contribution in [2.45, 2.75) is 45.7 Å². The summed E-state index contributed by atoms with van der Waals surface area (Å²) >= 11 is 0. The van der Waals surface area contributed by atoms with Crippen molar-refractivity contribution in [3.8, 4) is 11.6 Å². The van der Waals surface area contributed by atoms with Crippen molar-refractivity contribution < 1.29 is 9.21 Å². The Morgan fingerprint density at radius 3 is 2.81 bits per heavy atom. The van der Waals surface area contributed by atoms with Gasteiger partial charge in [-0.25, -0.2) is 9.98 Å². The first-order valence-corrected chi connectivity index (χ1v) is 10.7. The molecular formula is C20H33IN8O2. The molecule has 10 nitrogen and oxygen atoms in total. The van der Waals surface area contributed by atoms with E-state index in [4.69, 9.17) is 4.42 Å². The maximum Gasteiger partial charge on any atom is 0.234 e. The third kappa shape index (κ3) is 8.13. The number of nitrogens with zero attached hydrogens (tertiary/aromatic N) is 4. The number of rotatable bonds is 9. The Balaban J connectivity index is 0.00000341. The number of guanidine groups is 1. The van der Waals surface area contributed by atoms with Crippen LogP contribution in [0.25, 0.3) is 11.6 Å². The molecule has 0 saturated carbocycles. The monoisotopic (exact) mass is 544 g/mol. The summed E-state index contributed by atoms with van der Waals surface area (Å²) in [7, 11) is 0. The lowest BCUT2D eigenvalue weighted by Gasteiger charge is -2.32. The zero-order chi connectivity index (χ0) is 21.2. The third-order valence-electron chi connectivity index (χ3n) is 4.87. The summed E-state index contributed by atoms with van der Waals surface area (Å²) in [6.07, 6.45) is 4.50. The molecule has 3 rings (SSSR count). The number of furan rings is 1. The maximum atomic E-state index is 11.9. The maximum absolute atomic E-state index is 11.9. The van der Waals surface area contributed by atoms with Gasteiger partial charge in [0.2, 0.25) is 11.7 Å². The molecular weight excluding hydrogens is 511 g/mol. The highest BCUT2D eigenvalue weighted by atomic mass is 127. The second kappa shape index (κ2) is 13.3. The number of nitrogens with one attached hydrogen (secondary N) is 4. The number of carbonyl (C=O) groups is 1. The topological polar surface area (TPSA) is 123 Å². The van der Waals surface area contributed by atoms with Crippen molar-refractivity contribution in [1.29, 1.82) is 0 Å². The molecule has 0 atom stereocenters. The molecule has 0 unspecified atom stereocenters. The fourth-order valence-corrected chi connectivity index (χ4v) is 3.31. The molecule has 172 valence electrons. The molecule has 3 heterocycles. The summed E-state index contributed by atoms with van der Waals surface area (Å²) in [5.74, 6) is 2.69. The third-order valence-corrected chi connectivity index (χ3v) is 4.87. The zero-order valence-electron chi connectivity index (χ0n) is 18.2. The normalized spacial score (nSPS) is 15.4. The van der Waals surface area contributed by atoms with E-state index >= 15 is 0 Å². The van der Waals surface area contributed by atoms with Crippen LogP contribution in [0.2, 0.25) is 0 Å². The lowest BCUT2D eigenvalue weighted by Crippen LogP contribution is -2.50. The zero-order valence-corrected chi connectivity index (χ0v) is 20.5. The van der Waals surface area contributed by atoms with E-state index in [1.807, 2.05) is 13.0 Å². The van der Waals surface area contributed by atoms with Gasteiger partial charge < -0.3 is 20.4 Å². The molecule has 0 bridgehead atoms. The second-order valence-corrected chi connectivity index (χ2v) is 7.32. The average Bonchev–Trinajstić information content (AvgIpc) is 3.44. The van der Waals surface area contributed by atoms with Gasteiger partial charge in [-0.1, -0.05) is 6.92 Å². The molecule has 2 aromatic heterocycles. The lowest BCUT2D eigenvalue weighted by molar-refractivity contribution is -0.122. The molecule has 1 fully saturated rings. The Kier molecular flexibility index (Phi) is 10.8. The van der Waals surface area contributed by atoms with Crippen molar-refractivity contribution in [3.05, 3.63) is 24.2 Å². The van der Waals surface area contributed by atoms with Crippen LogP contribution in [0.3, 0.4) is 0 Å². The number of aromatic amines is 1. The van der Waals surface area contributed by atoms with Gasteiger partial charge in [0.1, 0.15) is 12.4 Å². The van der Waals surface area contributed by atoms with Crippen molar-refractivity contribution in [1.82, 2.24) is 36.0 Å². The van der Waals surface area contributed by atoms with Crippen LogP contribution in [0, 0.1) is 0 Å². The Hall–Kier alpha value is -2.15. The fraction of sp³-hybridized carbons (Fsp3) is 0.600. The van der Waals surface area contributed by atoms with Gasteiger partial charge in [0.25, 0.3) is 0 Å². The van der Waals surface area contributed by atoms with Crippen molar-refractivity contribution in [2.75, 3.05) is 32.7 Å². The number of carbonyl (C=O) groups excluding carboxylic acids is 1. The number of H-pyrrole nitrogens is 1. The van der Waals surface area contributed by atoms with E-state index in [0.29, 0.717) is 36.5 Å². The van der Waals surface area contributed by atoms with E-state index in [0.717, 1.165) is 51.4 Å². The number of hydrogen-bond acceptors (Lipinski definition) is 6. The lowest BCUT2D eigenvalue weighted by atomic mass is 10.1. The number of piperidine rings is 1. The number of aromatic nitrogens is 3. The van der Waals surface area contributed by atoms with Crippen LogP contribution >= 0.6 is 24.0 Å². The van der Waals surface area contributed by atoms with Gasteiger partial charge in [-0.2, -0.15) is 0 Å². The minimum atomic E-state index is 0. The summed E-state index contributed by atoms with van der Waals surface area (Å²) in [6.45, 7) is 8.27. The minimum Gasteiger partial charge on any atom is -0.461 e. The Bertz CT molecular complexity index is 800. The van der Waals surface area contributed by atoms with E-state index in [1.165, 1.54) is 0 Å². The van der Waals surface area contributed by atoms with Gasteiger partial charge in [0.05, 0.1) is 12.8 Å². The summed E-state index contributed by atoms with van der Waals surface area (Å²) in [6, 6.07) is 3.95. The van der Waals surface area contributed by atoms with Gasteiger partial charge in [-0.05, 0) is 38.3 Å². The van der Waals surface area contributed by atoms with Crippen LogP contribution in [0.15, 0.2) is 27.8 Å². The van der Waals surface area contributed by atoms with Crippen LogP contribution in [-0.2, 0) is 11.3 Å². The first kappa shape index (κ1) is 25.1. The predicted molar refractivity (Wildman–Crippen MR) is 130 cm³/mol. The van der Waals surface area contributed by atoms with Crippen molar-refractivity contribution in [2.24, 2.45) is 4.99 Å². The van der Waals surface area contributed by atoms with E-state index < -0.39 is 0 Å². The molecule has 11 heteroatoms. The minimum absolute atomic E-state index is 0. The SMILES string of the molecule is CCCNC(=O)CN1CCC(NC(=NCc2nc(-c3ccco3)n[nH]2)NCC)CC1.I. The van der Waals surface area contributed by atoms with E-state index in [2.05, 4.69) is 47.9 Å². The van der Waals surface area contributed by atoms with Gasteiger partial charge in [0, 0.05) is 32.2 Å². The Labute approximate surface area is 200 Å². The summed E-state index contributed by atoms with van der Waals surface area (Å²) in [5, 5.41) is 16.8. The molecule has 1 saturated heterocycles. The van der Waals surface area contributed by atoms with Crippen LogP contribution in [0.1, 0.15) is 38.9 Å². The van der Waals surface area contributed by atoms with Crippen molar-refractivity contribution >= 4 is 35.8 Å². The molecule has 2 aromatic rings. The highest BCUT2D eigenvalue weighted by Crippen LogP contribution is 2.14. The summed E-state index contributed by atoms with van der Waals surface area (Å²) in [4.78, 5) is 23.1. The van der Waals surface area contributed by atoms with Crippen molar-refractivity contribution in [3.63, 3.8) is 0 Å². The van der Waals surface area contributed by atoms with Crippen LogP contribution in [0.4, 0.5) is 0 Å². The molecule has 0 aromatic carbocycles. The van der Waals surface area contributed by atoms with Crippen LogP contribution in [-0.4, -0.2) is 70.7 Å². The number of amides is 1. The fourth-order valence-electron chi connectivity index (χ4n) is 3.31. The highest BCUT2D eigenvalue weighted by molar-refractivity contribution is 14.0. The predicted octanol–water partition coefficient (Wildman–Crippen LogP) is 1.73. The smallest absolute Gasteiger partial charge is 0.234 e. The van der Waals surface area contributed by atoms with Crippen LogP contribution in [0.5, 0.6) is 0 Å². The van der Waals surface area contributed by atoms with Gasteiger partial charge in [-0.15, -0.1) is 29.1 Å². The molecule has 4 N–H and O–H groups in total. The first-order valence-electron chi connectivity index (χ1n) is 10.7. The number of hydrogen-bond donors (Lipinski definition) is 4. The van der Waals surface area contributed by atoms with E-state index in [-0.39, 0.29) is 29.9 Å². The Morgan fingerprint density at radius 1 is 1.32 bits per heavy atom. The number of likely N-dealkylation sites (tertiary alicyclic amines) is 1. The quantitative estimate of drug-likeness (QED) is 0.216. The molecule has 1 amide bonds. The number of aliphatic imine (C=N–C) groups is 1. The molecule has 1 aliphatic rings. The second-order valence-electron chi connectivity index (χ2n) is 7.32. The summed E-state index contributed by atoms with van der Waals surface area (Å²) < 4.78 is 5.31. The first-order chi connectivity index (χ1) is 14.7. The Morgan fingerprint density at radius 2 is 2.13 bits per heavy atom. The summed E-state index contributed by atoms with van der Waals surface area (Å²) in [5.41, 5.74) is 0.